The maximum atomic E-state index is 12.8. The second-order valence-corrected chi connectivity index (χ2v) is 4.80. The van der Waals surface area contributed by atoms with Gasteiger partial charge in [-0.25, -0.2) is 0 Å². The van der Waals surface area contributed by atoms with Crippen LogP contribution in [0.2, 0.25) is 0 Å². The van der Waals surface area contributed by atoms with E-state index in [0.717, 1.165) is 31.2 Å². The van der Waals surface area contributed by atoms with Gasteiger partial charge in [0.1, 0.15) is 0 Å². The third kappa shape index (κ3) is 2.76. The molecule has 1 fully saturated rings. The lowest BCUT2D eigenvalue weighted by Gasteiger charge is -2.16. The van der Waals surface area contributed by atoms with Crippen molar-refractivity contribution < 1.29 is 13.2 Å². The minimum absolute atomic E-state index is 0.0974. The molecule has 0 heterocycles. The topological polar surface area (TPSA) is 0 Å². The van der Waals surface area contributed by atoms with Crippen molar-refractivity contribution in [1.82, 2.24) is 0 Å². The Balaban J connectivity index is 2.37. The summed E-state index contributed by atoms with van der Waals surface area (Å²) in [4.78, 5) is 0. The predicted molar refractivity (Wildman–Crippen MR) is 62.2 cm³/mol. The molecule has 0 radical (unpaired) electrons. The van der Waals surface area contributed by atoms with E-state index in [1.54, 1.807) is 6.07 Å². The standard InChI is InChI=1S/C13H14ClF3/c14-8-11-6-5-10(9-3-1-2-4-9)7-12(11)13(15,16)17/h5-7,9H,1-4,8H2. The molecule has 1 aromatic rings. The van der Waals surface area contributed by atoms with Crippen LogP contribution in [0.15, 0.2) is 18.2 Å². The van der Waals surface area contributed by atoms with E-state index >= 15 is 0 Å². The number of hydrogen-bond donors (Lipinski definition) is 0. The third-order valence-corrected chi connectivity index (χ3v) is 3.70. The number of halogens is 4. The van der Waals surface area contributed by atoms with Crippen LogP contribution in [0, 0.1) is 0 Å². The first kappa shape index (κ1) is 12.7. The Morgan fingerprint density at radius 1 is 1.18 bits per heavy atom. The summed E-state index contributed by atoms with van der Waals surface area (Å²) in [5, 5.41) is 0. The van der Waals surface area contributed by atoms with Crippen LogP contribution in [0.4, 0.5) is 13.2 Å². The lowest BCUT2D eigenvalue weighted by molar-refractivity contribution is -0.138. The van der Waals surface area contributed by atoms with Gasteiger partial charge in [-0.1, -0.05) is 25.0 Å². The summed E-state index contributed by atoms with van der Waals surface area (Å²) in [6, 6.07) is 4.60. The molecule has 1 aromatic carbocycles. The number of hydrogen-bond acceptors (Lipinski definition) is 0. The minimum Gasteiger partial charge on any atom is -0.166 e. The molecule has 94 valence electrons. The zero-order chi connectivity index (χ0) is 12.5. The highest BCUT2D eigenvalue weighted by molar-refractivity contribution is 6.17. The van der Waals surface area contributed by atoms with Crippen LogP contribution in [0.1, 0.15) is 48.3 Å². The van der Waals surface area contributed by atoms with E-state index in [9.17, 15) is 13.2 Å². The van der Waals surface area contributed by atoms with Gasteiger partial charge >= 0.3 is 6.18 Å². The molecule has 0 unspecified atom stereocenters. The van der Waals surface area contributed by atoms with E-state index < -0.39 is 11.7 Å². The second-order valence-electron chi connectivity index (χ2n) is 4.53. The van der Waals surface area contributed by atoms with E-state index in [2.05, 4.69) is 0 Å². The fourth-order valence-electron chi connectivity index (χ4n) is 2.49. The zero-order valence-electron chi connectivity index (χ0n) is 9.36. The maximum absolute atomic E-state index is 12.8. The third-order valence-electron chi connectivity index (χ3n) is 3.41. The highest BCUT2D eigenvalue weighted by Crippen LogP contribution is 2.39. The molecule has 0 bridgehead atoms. The first-order chi connectivity index (χ1) is 8.02. The highest BCUT2D eigenvalue weighted by Gasteiger charge is 2.34. The Hall–Kier alpha value is -0.700. The van der Waals surface area contributed by atoms with Crippen LogP contribution in [0.5, 0.6) is 0 Å². The molecular weight excluding hydrogens is 249 g/mol. The average Bonchev–Trinajstić information content (AvgIpc) is 2.80. The van der Waals surface area contributed by atoms with Crippen molar-refractivity contribution in [3.8, 4) is 0 Å². The van der Waals surface area contributed by atoms with E-state index in [1.165, 1.54) is 12.1 Å². The molecule has 17 heavy (non-hydrogen) atoms. The summed E-state index contributed by atoms with van der Waals surface area (Å²) in [6.45, 7) is 0. The van der Waals surface area contributed by atoms with Crippen molar-refractivity contribution in [1.29, 1.82) is 0 Å². The molecular formula is C13H14ClF3. The SMILES string of the molecule is FC(F)(F)c1cc(C2CCCC2)ccc1CCl. The minimum atomic E-state index is -4.31. The lowest BCUT2D eigenvalue weighted by atomic mass is 9.94. The summed E-state index contributed by atoms with van der Waals surface area (Å²) < 4.78 is 38.5. The van der Waals surface area contributed by atoms with Gasteiger partial charge in [0.05, 0.1) is 5.56 Å². The molecule has 0 N–H and O–H groups in total. The summed E-state index contributed by atoms with van der Waals surface area (Å²) >= 11 is 5.55. The smallest absolute Gasteiger partial charge is 0.166 e. The summed E-state index contributed by atoms with van der Waals surface area (Å²) in [5.74, 6) is 0.195. The van der Waals surface area contributed by atoms with Crippen LogP contribution in [-0.4, -0.2) is 0 Å². The quantitative estimate of drug-likeness (QED) is 0.650. The first-order valence-electron chi connectivity index (χ1n) is 5.78. The van der Waals surface area contributed by atoms with E-state index in [0.29, 0.717) is 5.92 Å². The Labute approximate surface area is 104 Å². The van der Waals surface area contributed by atoms with Crippen LogP contribution >= 0.6 is 11.6 Å². The predicted octanol–water partition coefficient (Wildman–Crippen LogP) is 5.10. The zero-order valence-corrected chi connectivity index (χ0v) is 10.1. The van der Waals surface area contributed by atoms with Gasteiger partial charge < -0.3 is 0 Å². The fourth-order valence-corrected chi connectivity index (χ4v) is 2.72. The van der Waals surface area contributed by atoms with Gasteiger partial charge in [-0.2, -0.15) is 13.2 Å². The average molecular weight is 263 g/mol. The van der Waals surface area contributed by atoms with Gasteiger partial charge in [0, 0.05) is 5.88 Å². The van der Waals surface area contributed by atoms with Gasteiger partial charge in [0.15, 0.2) is 0 Å². The van der Waals surface area contributed by atoms with Gasteiger partial charge in [0.25, 0.3) is 0 Å². The molecule has 0 nitrogen and oxygen atoms in total. The lowest BCUT2D eigenvalue weighted by Crippen LogP contribution is -2.10. The van der Waals surface area contributed by atoms with Crippen molar-refractivity contribution >= 4 is 11.6 Å². The van der Waals surface area contributed by atoms with Crippen LogP contribution in [-0.2, 0) is 12.1 Å². The van der Waals surface area contributed by atoms with Crippen molar-refractivity contribution in [2.45, 2.75) is 43.7 Å². The molecule has 2 rings (SSSR count). The summed E-state index contributed by atoms with van der Waals surface area (Å²) in [6.07, 6.45) is -0.0829. The van der Waals surface area contributed by atoms with Gasteiger partial charge in [0.2, 0.25) is 0 Å². The highest BCUT2D eigenvalue weighted by atomic mass is 35.5. The van der Waals surface area contributed by atoms with Crippen molar-refractivity contribution in [3.63, 3.8) is 0 Å². The molecule has 0 saturated heterocycles. The first-order valence-corrected chi connectivity index (χ1v) is 6.32. The number of rotatable bonds is 2. The van der Waals surface area contributed by atoms with Crippen LogP contribution in [0.25, 0.3) is 0 Å². The second kappa shape index (κ2) is 4.89. The number of alkyl halides is 4. The molecule has 1 aliphatic rings. The largest absolute Gasteiger partial charge is 0.416 e. The Morgan fingerprint density at radius 3 is 2.35 bits per heavy atom. The maximum Gasteiger partial charge on any atom is 0.416 e. The normalized spacial score (nSPS) is 17.6. The molecule has 0 aliphatic heterocycles. The molecule has 0 atom stereocenters. The molecule has 0 spiro atoms. The van der Waals surface area contributed by atoms with E-state index in [4.69, 9.17) is 11.6 Å². The Kier molecular flexibility index (Phi) is 3.67. The summed E-state index contributed by atoms with van der Waals surface area (Å²) in [7, 11) is 0. The molecule has 1 saturated carbocycles. The van der Waals surface area contributed by atoms with Gasteiger partial charge in [-0.05, 0) is 36.0 Å². The Bertz CT molecular complexity index is 392. The van der Waals surface area contributed by atoms with Gasteiger partial charge in [-0.3, -0.25) is 0 Å². The monoisotopic (exact) mass is 262 g/mol. The molecule has 0 amide bonds. The van der Waals surface area contributed by atoms with Crippen LogP contribution in [0.3, 0.4) is 0 Å². The van der Waals surface area contributed by atoms with Crippen molar-refractivity contribution in [3.05, 3.63) is 34.9 Å². The Morgan fingerprint density at radius 2 is 1.82 bits per heavy atom. The number of benzene rings is 1. The van der Waals surface area contributed by atoms with E-state index in [-0.39, 0.29) is 11.4 Å². The molecule has 1 aliphatic carbocycles. The van der Waals surface area contributed by atoms with Crippen molar-refractivity contribution in [2.24, 2.45) is 0 Å². The van der Waals surface area contributed by atoms with E-state index in [1.807, 2.05) is 0 Å². The van der Waals surface area contributed by atoms with Crippen LogP contribution < -0.4 is 0 Å². The van der Waals surface area contributed by atoms with Gasteiger partial charge in [-0.15, -0.1) is 11.6 Å². The fraction of sp³-hybridized carbons (Fsp3) is 0.538. The summed E-state index contributed by atoms with van der Waals surface area (Å²) in [5.41, 5.74) is 0.404. The molecule has 0 aromatic heterocycles. The van der Waals surface area contributed by atoms with Crippen molar-refractivity contribution in [2.75, 3.05) is 0 Å². The molecule has 4 heteroatoms.